The fourth-order valence-electron chi connectivity index (χ4n) is 8.03. The summed E-state index contributed by atoms with van der Waals surface area (Å²) in [7, 11) is 0. The number of allylic oxidation sites excluding steroid dienone is 8. The molecule has 1 aromatic carbocycles. The summed E-state index contributed by atoms with van der Waals surface area (Å²) in [5, 5.41) is 3.19. The van der Waals surface area contributed by atoms with E-state index in [0.717, 1.165) is 91.1 Å². The summed E-state index contributed by atoms with van der Waals surface area (Å²) < 4.78 is 19.3. The number of nitrogens with zero attached hydrogens (tertiary/aromatic N) is 2. The van der Waals surface area contributed by atoms with Crippen molar-refractivity contribution in [3.8, 4) is 0 Å². The van der Waals surface area contributed by atoms with Crippen LogP contribution in [0.25, 0.3) is 5.57 Å². The molecule has 4 rings (SSSR count). The molecule has 1 aromatic rings. The van der Waals surface area contributed by atoms with E-state index in [1.165, 1.54) is 43.7 Å². The fraction of sp³-hybridized carbons (Fsp3) is 0.625. The number of ether oxygens (including phenoxy) is 1. The van der Waals surface area contributed by atoms with Crippen LogP contribution in [0, 0.1) is 23.7 Å². The van der Waals surface area contributed by atoms with E-state index in [4.69, 9.17) is 9.73 Å². The van der Waals surface area contributed by atoms with Gasteiger partial charge in [-0.25, -0.2) is 4.39 Å². The minimum absolute atomic E-state index is 0.180. The topological polar surface area (TPSA) is 71.0 Å². The first kappa shape index (κ1) is 57.2. The molecule has 1 saturated carbocycles. The Morgan fingerprint density at radius 3 is 1.98 bits per heavy atom. The number of halogens is 1. The molecule has 1 saturated heterocycles. The van der Waals surface area contributed by atoms with Gasteiger partial charge in [0.1, 0.15) is 11.6 Å². The Balaban J connectivity index is 0.000000811. The highest BCUT2D eigenvalue weighted by Crippen LogP contribution is 2.52. The zero-order valence-corrected chi connectivity index (χ0v) is 42.5. The predicted molar refractivity (Wildman–Crippen MR) is 272 cm³/mol. The van der Waals surface area contributed by atoms with Gasteiger partial charge in [0.2, 0.25) is 5.91 Å². The van der Waals surface area contributed by atoms with Gasteiger partial charge in [-0.2, -0.15) is 0 Å². The zero-order valence-electron chi connectivity index (χ0n) is 42.5. The normalized spacial score (nSPS) is 18.8. The van der Waals surface area contributed by atoms with E-state index in [-0.39, 0.29) is 23.8 Å². The number of amides is 1. The number of carbonyl (C=O) groups excluding carboxylic acids is 2. The van der Waals surface area contributed by atoms with Crippen LogP contribution in [0.15, 0.2) is 89.1 Å². The number of aliphatic imine (C=N–C) groups is 1. The maximum atomic E-state index is 14.4. The summed E-state index contributed by atoms with van der Waals surface area (Å²) in [5.41, 5.74) is 6.34. The van der Waals surface area contributed by atoms with Crippen LogP contribution in [0.3, 0.4) is 0 Å². The van der Waals surface area contributed by atoms with Crippen LogP contribution in [-0.2, 0) is 19.7 Å². The third-order valence-corrected chi connectivity index (χ3v) is 11.9. The molecule has 0 radical (unpaired) electrons. The van der Waals surface area contributed by atoms with Gasteiger partial charge in [0.15, 0.2) is 0 Å². The molecule has 0 spiro atoms. The van der Waals surface area contributed by atoms with Crippen molar-refractivity contribution in [2.75, 3.05) is 18.1 Å². The molecule has 7 heteroatoms. The van der Waals surface area contributed by atoms with Gasteiger partial charge in [0.05, 0.1) is 35.9 Å². The summed E-state index contributed by atoms with van der Waals surface area (Å²) in [6.45, 7) is 38.5. The van der Waals surface area contributed by atoms with E-state index in [2.05, 4.69) is 97.0 Å². The van der Waals surface area contributed by atoms with Gasteiger partial charge in [0.25, 0.3) is 0 Å². The van der Waals surface area contributed by atoms with Crippen molar-refractivity contribution < 1.29 is 18.7 Å². The first-order valence-corrected chi connectivity index (χ1v) is 24.6. The Kier molecular flexibility index (Phi) is 27.5. The number of hydrogen-bond donors (Lipinski definition) is 1. The third kappa shape index (κ3) is 17.6. The monoisotopic (exact) mass is 872 g/mol. The molecule has 6 nitrogen and oxygen atoms in total. The third-order valence-electron chi connectivity index (χ3n) is 11.9. The number of nitrogens with one attached hydrogen (secondary N) is 1. The second-order valence-corrected chi connectivity index (χ2v) is 18.6. The Morgan fingerprint density at radius 1 is 0.968 bits per heavy atom. The molecule has 2 fully saturated rings. The van der Waals surface area contributed by atoms with E-state index in [1.807, 2.05) is 53.8 Å². The van der Waals surface area contributed by atoms with Crippen molar-refractivity contribution >= 4 is 29.2 Å². The van der Waals surface area contributed by atoms with Crippen molar-refractivity contribution in [3.05, 3.63) is 95.3 Å². The van der Waals surface area contributed by atoms with Crippen LogP contribution in [0.2, 0.25) is 0 Å². The highest BCUT2D eigenvalue weighted by molar-refractivity contribution is 6.09. The second-order valence-electron chi connectivity index (χ2n) is 18.6. The van der Waals surface area contributed by atoms with Gasteiger partial charge in [-0.3, -0.25) is 14.6 Å². The van der Waals surface area contributed by atoms with E-state index in [1.54, 1.807) is 12.2 Å². The smallest absolute Gasteiger partial charge is 0.237 e. The molecule has 1 amide bonds. The molecule has 2 heterocycles. The maximum Gasteiger partial charge on any atom is 0.237 e. The largest absolute Gasteiger partial charge is 0.380 e. The Morgan fingerprint density at radius 2 is 1.56 bits per heavy atom. The molecular formula is C56H90FN3O3. The van der Waals surface area contributed by atoms with Crippen molar-refractivity contribution in [1.82, 2.24) is 5.32 Å². The van der Waals surface area contributed by atoms with Crippen LogP contribution in [0.4, 0.5) is 10.1 Å². The molecule has 3 aliphatic rings. The van der Waals surface area contributed by atoms with Crippen molar-refractivity contribution in [2.45, 2.75) is 192 Å². The SMILES string of the molecule is C=C/C(F)=C(\C=C/C)N/C(C)=C(C)/C(=C\C(=C)c1ccc2c(c1)N(C1CC(CC)C1)C(=O)C2(CCC)CCC)N=CCC.CC(C)C.CC(C)C(=O)C1COC1.CCCCCCC. The maximum absolute atomic E-state index is 14.4. The lowest BCUT2D eigenvalue weighted by Crippen LogP contribution is -2.50. The van der Waals surface area contributed by atoms with Gasteiger partial charge in [-0.05, 0) is 111 Å². The first-order chi connectivity index (χ1) is 30.0. The van der Waals surface area contributed by atoms with Gasteiger partial charge in [0, 0.05) is 29.6 Å². The number of ketones is 1. The molecule has 354 valence electrons. The van der Waals surface area contributed by atoms with E-state index < -0.39 is 11.2 Å². The van der Waals surface area contributed by atoms with Crippen molar-refractivity contribution in [1.29, 1.82) is 0 Å². The minimum atomic E-state index is -0.441. The summed E-state index contributed by atoms with van der Waals surface area (Å²) in [6.07, 6.45) is 23.3. The van der Waals surface area contributed by atoms with Crippen LogP contribution < -0.4 is 10.2 Å². The summed E-state index contributed by atoms with van der Waals surface area (Å²) >= 11 is 0. The number of carbonyl (C=O) groups is 2. The Hall–Kier alpha value is -3.84. The Labute approximate surface area is 385 Å². The average molecular weight is 872 g/mol. The van der Waals surface area contributed by atoms with Crippen LogP contribution in [-0.4, -0.2) is 37.2 Å². The molecule has 2 aliphatic heterocycles. The summed E-state index contributed by atoms with van der Waals surface area (Å²) in [4.78, 5) is 32.2. The average Bonchev–Trinajstić information content (AvgIpc) is 3.43. The molecule has 1 N–H and O–H groups in total. The van der Waals surface area contributed by atoms with Crippen molar-refractivity contribution in [3.63, 3.8) is 0 Å². The molecule has 0 unspecified atom stereocenters. The van der Waals surface area contributed by atoms with E-state index in [0.29, 0.717) is 30.6 Å². The van der Waals surface area contributed by atoms with Gasteiger partial charge >= 0.3 is 0 Å². The number of Topliss-reactive ketones (excluding diaryl/α,β-unsaturated/α-hetero) is 1. The van der Waals surface area contributed by atoms with Crippen molar-refractivity contribution in [2.24, 2.45) is 28.7 Å². The number of rotatable bonds is 21. The highest BCUT2D eigenvalue weighted by Gasteiger charge is 2.53. The predicted octanol–water partition coefficient (Wildman–Crippen LogP) is 15.8. The number of fused-ring (bicyclic) bond motifs is 1. The molecule has 0 atom stereocenters. The Bertz CT molecular complexity index is 1720. The standard InChI is InChI=1S/C38H52FN3O.C7H12O2.C7H16.C4H10/c1-10-16-34(33(39)15-6)41-28(9)27(8)35(40-21-13-4)22-26(7)30-17-18-32-36(25-30)42(31-23-29(14-5)24-31)37(43)38(32,19-11-2)20-12-3;1-5(2)7(8)6-3-9-4-6;1-3-5-7-6-4-2;1-4(2)3/h10,15-18,21-22,25,29,31,41H,6-7,11-14,19-20,23-24H2,1-5,8-9H3;5-6H,3-4H2,1-2H3;3-7H2,1-2H3;4H,1-3H3/b16-10-,28-27+,34-33-,35-22+,40-21?;;;. The lowest BCUT2D eigenvalue weighted by atomic mass is 9.73. The van der Waals surface area contributed by atoms with Crippen LogP contribution in [0.1, 0.15) is 192 Å². The molecular weight excluding hydrogens is 782 g/mol. The van der Waals surface area contributed by atoms with Crippen LogP contribution in [0.5, 0.6) is 0 Å². The lowest BCUT2D eigenvalue weighted by Gasteiger charge is -2.42. The van der Waals surface area contributed by atoms with Gasteiger partial charge in [-0.1, -0.05) is 159 Å². The van der Waals surface area contributed by atoms with E-state index in [9.17, 15) is 14.0 Å². The minimum Gasteiger partial charge on any atom is -0.380 e. The number of unbranched alkanes of at least 4 members (excludes halogenated alkanes) is 4. The summed E-state index contributed by atoms with van der Waals surface area (Å²) in [5.74, 6) is 2.14. The zero-order chi connectivity index (χ0) is 47.7. The molecule has 0 aromatic heterocycles. The number of hydrogen-bond acceptors (Lipinski definition) is 5. The molecule has 63 heavy (non-hydrogen) atoms. The highest BCUT2D eigenvalue weighted by atomic mass is 19.1. The van der Waals surface area contributed by atoms with E-state index >= 15 is 0 Å². The van der Waals surface area contributed by atoms with Gasteiger partial charge in [-0.15, -0.1) is 0 Å². The quantitative estimate of drug-likeness (QED) is 0.0759. The number of benzene rings is 1. The van der Waals surface area contributed by atoms with Crippen LogP contribution >= 0.6 is 0 Å². The fourth-order valence-corrected chi connectivity index (χ4v) is 8.03. The molecule has 1 aliphatic carbocycles. The summed E-state index contributed by atoms with van der Waals surface area (Å²) in [6, 6.07) is 6.74. The first-order valence-electron chi connectivity index (χ1n) is 24.6. The molecule has 0 bridgehead atoms. The second kappa shape index (κ2) is 30.3. The number of anilines is 1. The lowest BCUT2D eigenvalue weighted by molar-refractivity contribution is -0.139. The van der Waals surface area contributed by atoms with Gasteiger partial charge < -0.3 is 15.0 Å².